The maximum atomic E-state index is 13.7. The molecule has 0 fully saturated rings. The van der Waals surface area contributed by atoms with E-state index in [0.29, 0.717) is 24.2 Å². The van der Waals surface area contributed by atoms with Crippen molar-refractivity contribution in [3.63, 3.8) is 0 Å². The lowest BCUT2D eigenvalue weighted by Gasteiger charge is -2.46. The summed E-state index contributed by atoms with van der Waals surface area (Å²) in [5.74, 6) is -6.24. The van der Waals surface area contributed by atoms with E-state index in [1.165, 1.54) is 0 Å². The molecule has 0 unspecified atom stereocenters. The number of amides is 1. The van der Waals surface area contributed by atoms with Gasteiger partial charge in [-0.1, -0.05) is 6.92 Å². The Balaban J connectivity index is 1.91. The number of carbonyl (C=O) groups is 3. The monoisotopic (exact) mass is 471 g/mol. The molecule has 3 aliphatic rings. The summed E-state index contributed by atoms with van der Waals surface area (Å²) in [6.07, 6.45) is 0.134. The van der Waals surface area contributed by atoms with Crippen molar-refractivity contribution in [3.8, 4) is 5.75 Å². The number of benzene rings is 1. The SMILES string of the molecule is CCNCc1cc(N(C)C)c2c(c1O)C(=O)C1=C(O)[C@]3(O)C(=O)C(C(N)=O)=C(O)C[C@@H]3C[C@@H]1C2. The van der Waals surface area contributed by atoms with Crippen LogP contribution in [0.3, 0.4) is 0 Å². The predicted octanol–water partition coefficient (Wildman–Crippen LogP) is 0.756. The number of aliphatic hydroxyl groups excluding tert-OH is 2. The molecular formula is C24H29N3O7. The molecule has 10 heteroatoms. The first-order chi connectivity index (χ1) is 15.9. The number of nitrogens with zero attached hydrogens (tertiary/aromatic N) is 1. The van der Waals surface area contributed by atoms with Gasteiger partial charge in [-0.25, -0.2) is 0 Å². The topological polar surface area (TPSA) is 173 Å². The Morgan fingerprint density at radius 1 is 1.24 bits per heavy atom. The van der Waals surface area contributed by atoms with Crippen LogP contribution in [-0.2, 0) is 22.6 Å². The Labute approximate surface area is 196 Å². The maximum absolute atomic E-state index is 13.7. The number of aromatic hydroxyl groups is 1. The van der Waals surface area contributed by atoms with Crippen LogP contribution in [0, 0.1) is 11.8 Å². The molecule has 0 aliphatic heterocycles. The van der Waals surface area contributed by atoms with Crippen molar-refractivity contribution in [2.45, 2.75) is 38.3 Å². The van der Waals surface area contributed by atoms with E-state index in [0.717, 1.165) is 5.69 Å². The van der Waals surface area contributed by atoms with Gasteiger partial charge in [-0.2, -0.15) is 0 Å². The molecule has 1 aromatic rings. The first-order valence-corrected chi connectivity index (χ1v) is 11.2. The number of hydrogen-bond donors (Lipinski definition) is 6. The summed E-state index contributed by atoms with van der Waals surface area (Å²) in [7, 11) is 3.65. The summed E-state index contributed by atoms with van der Waals surface area (Å²) in [5.41, 5.74) is 3.60. The Hall–Kier alpha value is -3.37. The number of Topliss-reactive ketones (excluding diaryl/α,β-unsaturated/α-hetero) is 2. The van der Waals surface area contributed by atoms with Crippen LogP contribution in [0.25, 0.3) is 0 Å². The second kappa shape index (κ2) is 8.14. The van der Waals surface area contributed by atoms with Gasteiger partial charge in [0.2, 0.25) is 5.78 Å². The molecule has 1 amide bonds. The average Bonchev–Trinajstić information content (AvgIpc) is 2.75. The van der Waals surface area contributed by atoms with E-state index in [1.807, 2.05) is 32.0 Å². The molecule has 4 rings (SSSR count). The number of ketones is 2. The van der Waals surface area contributed by atoms with Crippen molar-refractivity contribution in [2.75, 3.05) is 25.5 Å². The molecule has 7 N–H and O–H groups in total. The number of primary amides is 1. The summed E-state index contributed by atoms with van der Waals surface area (Å²) in [5, 5.41) is 46.8. The van der Waals surface area contributed by atoms with Crippen LogP contribution in [0.2, 0.25) is 0 Å². The Morgan fingerprint density at radius 2 is 1.91 bits per heavy atom. The van der Waals surface area contributed by atoms with Gasteiger partial charge >= 0.3 is 0 Å². The highest BCUT2D eigenvalue weighted by atomic mass is 16.3. The van der Waals surface area contributed by atoms with Gasteiger partial charge in [-0.3, -0.25) is 14.4 Å². The summed E-state index contributed by atoms with van der Waals surface area (Å²) < 4.78 is 0. The van der Waals surface area contributed by atoms with Gasteiger partial charge in [0.15, 0.2) is 11.4 Å². The van der Waals surface area contributed by atoms with E-state index in [1.54, 1.807) is 0 Å². The third-order valence-corrected chi connectivity index (χ3v) is 7.16. The minimum Gasteiger partial charge on any atom is -0.511 e. The van der Waals surface area contributed by atoms with E-state index in [9.17, 15) is 34.8 Å². The minimum absolute atomic E-state index is 0.0238. The number of nitrogens with one attached hydrogen (secondary N) is 1. The zero-order valence-electron chi connectivity index (χ0n) is 19.3. The lowest BCUT2D eigenvalue weighted by Crippen LogP contribution is -2.57. The van der Waals surface area contributed by atoms with Crippen molar-refractivity contribution < 1.29 is 34.8 Å². The lowest BCUT2D eigenvalue weighted by molar-refractivity contribution is -0.144. The molecule has 0 bridgehead atoms. The van der Waals surface area contributed by atoms with E-state index < -0.39 is 52.0 Å². The van der Waals surface area contributed by atoms with Crippen LogP contribution >= 0.6 is 0 Å². The van der Waals surface area contributed by atoms with Gasteiger partial charge in [0.05, 0.1) is 5.56 Å². The summed E-state index contributed by atoms with van der Waals surface area (Å²) in [6.45, 7) is 2.87. The van der Waals surface area contributed by atoms with Crippen LogP contribution < -0.4 is 16.0 Å². The first-order valence-electron chi connectivity index (χ1n) is 11.2. The van der Waals surface area contributed by atoms with Gasteiger partial charge in [0, 0.05) is 49.8 Å². The largest absolute Gasteiger partial charge is 0.511 e. The highest BCUT2D eigenvalue weighted by Crippen LogP contribution is 2.52. The van der Waals surface area contributed by atoms with Crippen molar-refractivity contribution in [3.05, 3.63) is 45.4 Å². The van der Waals surface area contributed by atoms with E-state index in [4.69, 9.17) is 5.73 Å². The first kappa shape index (κ1) is 23.8. The number of allylic oxidation sites excluding steroid dienone is 2. The van der Waals surface area contributed by atoms with Crippen LogP contribution in [0.4, 0.5) is 5.69 Å². The van der Waals surface area contributed by atoms with Crippen molar-refractivity contribution in [1.29, 1.82) is 0 Å². The lowest BCUT2D eigenvalue weighted by atomic mass is 9.60. The fourth-order valence-electron chi connectivity index (χ4n) is 5.52. The molecule has 0 saturated heterocycles. The highest BCUT2D eigenvalue weighted by Gasteiger charge is 2.59. The molecule has 1 aromatic carbocycles. The third kappa shape index (κ3) is 3.20. The number of fused-ring (bicyclic) bond motifs is 3. The summed E-state index contributed by atoms with van der Waals surface area (Å²) >= 11 is 0. The van der Waals surface area contributed by atoms with Gasteiger partial charge in [-0.15, -0.1) is 0 Å². The molecule has 10 nitrogen and oxygen atoms in total. The molecule has 0 spiro atoms. The summed E-state index contributed by atoms with van der Waals surface area (Å²) in [6, 6.07) is 1.82. The fraction of sp³-hybridized carbons (Fsp3) is 0.458. The number of anilines is 1. The average molecular weight is 472 g/mol. The molecular weight excluding hydrogens is 442 g/mol. The molecule has 0 radical (unpaired) electrons. The van der Waals surface area contributed by atoms with Gasteiger partial charge < -0.3 is 36.4 Å². The van der Waals surface area contributed by atoms with Crippen LogP contribution in [0.5, 0.6) is 5.75 Å². The van der Waals surface area contributed by atoms with Crippen molar-refractivity contribution >= 4 is 23.2 Å². The normalized spacial score (nSPS) is 26.2. The van der Waals surface area contributed by atoms with E-state index >= 15 is 0 Å². The van der Waals surface area contributed by atoms with E-state index in [2.05, 4.69) is 5.32 Å². The van der Waals surface area contributed by atoms with E-state index in [-0.39, 0.29) is 36.1 Å². The number of aliphatic hydroxyl groups is 3. The molecule has 0 aromatic heterocycles. The second-order valence-electron chi connectivity index (χ2n) is 9.34. The standard InChI is InChI=1S/C24H29N3O7/c1-4-26-9-11-7-14(27(2)3)13-6-10-5-12-8-15(28)18(23(25)33)22(32)24(12,34)21(31)16(10)20(30)17(13)19(11)29/h7,10,12,26,28-29,31,34H,4-6,8-9H2,1-3H3,(H2,25,33)/t10-,12+,24+/m1/s1. The number of carbonyl (C=O) groups excluding carboxylic acids is 3. The molecule has 34 heavy (non-hydrogen) atoms. The molecule has 182 valence electrons. The quantitative estimate of drug-likeness (QED) is 0.339. The van der Waals surface area contributed by atoms with Gasteiger partial charge in [0.25, 0.3) is 5.91 Å². The summed E-state index contributed by atoms with van der Waals surface area (Å²) in [4.78, 5) is 40.3. The number of phenols is 1. The fourth-order valence-corrected chi connectivity index (χ4v) is 5.52. The van der Waals surface area contributed by atoms with Crippen LogP contribution in [-0.4, -0.2) is 64.1 Å². The Morgan fingerprint density at radius 3 is 2.50 bits per heavy atom. The Kier molecular flexibility index (Phi) is 5.69. The third-order valence-electron chi connectivity index (χ3n) is 7.16. The number of phenolic OH excluding ortho intramolecular Hbond substituents is 1. The van der Waals surface area contributed by atoms with Crippen molar-refractivity contribution in [2.24, 2.45) is 17.6 Å². The Bertz CT molecular complexity index is 1180. The zero-order chi connectivity index (χ0) is 25.1. The maximum Gasteiger partial charge on any atom is 0.255 e. The van der Waals surface area contributed by atoms with Crippen LogP contribution in [0.15, 0.2) is 28.7 Å². The predicted molar refractivity (Wildman–Crippen MR) is 123 cm³/mol. The molecule has 0 saturated carbocycles. The highest BCUT2D eigenvalue weighted by molar-refractivity contribution is 6.24. The van der Waals surface area contributed by atoms with Gasteiger partial charge in [-0.05, 0) is 36.9 Å². The molecule has 3 atom stereocenters. The molecule has 3 aliphatic carbocycles. The van der Waals surface area contributed by atoms with Gasteiger partial charge in [0.1, 0.15) is 22.8 Å². The zero-order valence-corrected chi connectivity index (χ0v) is 19.3. The van der Waals surface area contributed by atoms with Crippen molar-refractivity contribution in [1.82, 2.24) is 5.32 Å². The number of hydrogen-bond acceptors (Lipinski definition) is 9. The molecule has 0 heterocycles. The number of nitrogens with two attached hydrogens (primary N) is 1. The smallest absolute Gasteiger partial charge is 0.255 e. The second-order valence-corrected chi connectivity index (χ2v) is 9.34. The minimum atomic E-state index is -2.56. The van der Waals surface area contributed by atoms with Crippen LogP contribution in [0.1, 0.15) is 41.3 Å². The number of rotatable bonds is 5.